The summed E-state index contributed by atoms with van der Waals surface area (Å²) in [6.07, 6.45) is 0. The molecule has 1 aliphatic carbocycles. The van der Waals surface area contributed by atoms with Crippen LogP contribution in [0.4, 0.5) is 0 Å². The van der Waals surface area contributed by atoms with E-state index >= 15 is 0 Å². The number of ether oxygens (including phenoxy) is 1. The summed E-state index contributed by atoms with van der Waals surface area (Å²) in [6, 6.07) is 65.0. The number of nitrogens with zero attached hydrogens (tertiary/aromatic N) is 4. The van der Waals surface area contributed by atoms with Gasteiger partial charge in [0.1, 0.15) is 11.5 Å². The van der Waals surface area contributed by atoms with Crippen LogP contribution >= 0.6 is 0 Å². The van der Waals surface area contributed by atoms with Crippen molar-refractivity contribution in [1.29, 1.82) is 5.26 Å². The highest BCUT2D eigenvalue weighted by Crippen LogP contribution is 2.62. The van der Waals surface area contributed by atoms with E-state index in [-0.39, 0.29) is 0 Å². The van der Waals surface area contributed by atoms with Gasteiger partial charge in [-0.3, -0.25) is 0 Å². The van der Waals surface area contributed by atoms with Crippen LogP contribution in [0.2, 0.25) is 0 Å². The van der Waals surface area contributed by atoms with Crippen molar-refractivity contribution in [2.75, 3.05) is 0 Å². The van der Waals surface area contributed by atoms with Gasteiger partial charge < -0.3 is 4.74 Å². The molecular formula is C51H30N4O. The lowest BCUT2D eigenvalue weighted by molar-refractivity contribution is 0.436. The van der Waals surface area contributed by atoms with Crippen LogP contribution in [0.3, 0.4) is 0 Å². The summed E-state index contributed by atoms with van der Waals surface area (Å²) < 4.78 is 6.89. The van der Waals surface area contributed by atoms with Gasteiger partial charge in [0.15, 0.2) is 17.5 Å². The molecule has 11 rings (SSSR count). The minimum absolute atomic E-state index is 0.582. The van der Waals surface area contributed by atoms with Crippen LogP contribution in [0.5, 0.6) is 11.5 Å². The SMILES string of the molecule is N#Cc1ccc(-c2ccc3c(c2)C2(c4cc(-c5nc(-c6ccccc6)nc(-c6ccccc6)n5)ccc4O3)c3ccccc3-c3ccccc32)c2ccccc12. The third-order valence-corrected chi connectivity index (χ3v) is 11.3. The Morgan fingerprint density at radius 1 is 0.393 bits per heavy atom. The van der Waals surface area contributed by atoms with E-state index in [1.54, 1.807) is 0 Å². The normalized spacial score (nSPS) is 12.9. The first-order valence-electron chi connectivity index (χ1n) is 18.7. The van der Waals surface area contributed by atoms with Crippen LogP contribution in [0.15, 0.2) is 182 Å². The number of aromatic nitrogens is 3. The summed E-state index contributed by atoms with van der Waals surface area (Å²) in [5, 5.41) is 11.9. The molecule has 5 heteroatoms. The molecule has 0 fully saturated rings. The molecule has 1 spiro atoms. The Hall–Kier alpha value is -7.68. The molecule has 0 bridgehead atoms. The van der Waals surface area contributed by atoms with Gasteiger partial charge in [0.2, 0.25) is 0 Å². The van der Waals surface area contributed by atoms with E-state index < -0.39 is 5.41 Å². The van der Waals surface area contributed by atoms with Gasteiger partial charge in [-0.25, -0.2) is 15.0 Å². The average Bonchev–Trinajstić information content (AvgIpc) is 3.57. The Balaban J connectivity index is 1.18. The third-order valence-electron chi connectivity index (χ3n) is 11.3. The van der Waals surface area contributed by atoms with E-state index in [2.05, 4.69) is 103 Å². The van der Waals surface area contributed by atoms with E-state index in [1.807, 2.05) is 84.9 Å². The van der Waals surface area contributed by atoms with Gasteiger partial charge in [-0.1, -0.05) is 146 Å². The molecule has 1 aromatic heterocycles. The third kappa shape index (κ3) is 4.70. The molecule has 260 valence electrons. The lowest BCUT2D eigenvalue weighted by Gasteiger charge is -2.40. The van der Waals surface area contributed by atoms with Crippen LogP contribution in [-0.2, 0) is 5.41 Å². The predicted octanol–water partition coefficient (Wildman–Crippen LogP) is 12.0. The van der Waals surface area contributed by atoms with Crippen LogP contribution in [-0.4, -0.2) is 15.0 Å². The van der Waals surface area contributed by atoms with Gasteiger partial charge in [-0.2, -0.15) is 5.26 Å². The molecule has 2 heterocycles. The van der Waals surface area contributed by atoms with Crippen molar-refractivity contribution in [3.05, 3.63) is 210 Å². The number of fused-ring (bicyclic) bond motifs is 10. The van der Waals surface area contributed by atoms with Gasteiger partial charge in [-0.15, -0.1) is 0 Å². The summed E-state index contributed by atoms with van der Waals surface area (Å²) in [6.45, 7) is 0. The Morgan fingerprint density at radius 2 is 0.875 bits per heavy atom. The van der Waals surface area contributed by atoms with Gasteiger partial charge >= 0.3 is 0 Å². The van der Waals surface area contributed by atoms with Crippen molar-refractivity contribution in [3.8, 4) is 74.0 Å². The van der Waals surface area contributed by atoms with Gasteiger partial charge in [0, 0.05) is 33.2 Å². The molecule has 56 heavy (non-hydrogen) atoms. The van der Waals surface area contributed by atoms with Gasteiger partial charge in [0.25, 0.3) is 0 Å². The van der Waals surface area contributed by atoms with Crippen LogP contribution in [0, 0.1) is 11.3 Å². The van der Waals surface area contributed by atoms with Crippen molar-refractivity contribution in [3.63, 3.8) is 0 Å². The largest absolute Gasteiger partial charge is 0.457 e. The highest BCUT2D eigenvalue weighted by molar-refractivity contribution is 6.00. The molecule has 0 N–H and O–H groups in total. The molecule has 8 aromatic carbocycles. The fraction of sp³-hybridized carbons (Fsp3) is 0.0196. The molecule has 0 atom stereocenters. The van der Waals surface area contributed by atoms with E-state index in [9.17, 15) is 5.26 Å². The Bertz CT molecular complexity index is 2970. The van der Waals surface area contributed by atoms with Crippen molar-refractivity contribution >= 4 is 10.8 Å². The number of benzene rings is 8. The van der Waals surface area contributed by atoms with Crippen LogP contribution in [0.1, 0.15) is 27.8 Å². The summed E-state index contributed by atoms with van der Waals surface area (Å²) >= 11 is 0. The van der Waals surface area contributed by atoms with Crippen LogP contribution in [0.25, 0.3) is 67.2 Å². The zero-order chi connectivity index (χ0) is 37.2. The second kappa shape index (κ2) is 12.4. The van der Waals surface area contributed by atoms with Crippen LogP contribution < -0.4 is 4.74 Å². The minimum atomic E-state index is -0.720. The maximum Gasteiger partial charge on any atom is 0.164 e. The fourth-order valence-electron chi connectivity index (χ4n) is 8.80. The number of hydrogen-bond donors (Lipinski definition) is 0. The first kappa shape index (κ1) is 31.8. The lowest BCUT2D eigenvalue weighted by Crippen LogP contribution is -2.32. The molecule has 1 aliphatic heterocycles. The molecule has 0 unspecified atom stereocenters. The summed E-state index contributed by atoms with van der Waals surface area (Å²) in [7, 11) is 0. The number of hydrogen-bond acceptors (Lipinski definition) is 5. The Morgan fingerprint density at radius 3 is 1.46 bits per heavy atom. The van der Waals surface area contributed by atoms with Gasteiger partial charge in [-0.05, 0) is 75.2 Å². The van der Waals surface area contributed by atoms with Crippen molar-refractivity contribution in [1.82, 2.24) is 15.0 Å². The van der Waals surface area contributed by atoms with E-state index in [0.717, 1.165) is 61.2 Å². The fourth-order valence-corrected chi connectivity index (χ4v) is 8.80. The lowest BCUT2D eigenvalue weighted by atomic mass is 9.65. The van der Waals surface area contributed by atoms with E-state index in [1.165, 1.54) is 22.3 Å². The maximum absolute atomic E-state index is 9.95. The molecule has 0 saturated heterocycles. The Labute approximate surface area is 323 Å². The molecule has 0 saturated carbocycles. The molecule has 0 radical (unpaired) electrons. The predicted molar refractivity (Wildman–Crippen MR) is 221 cm³/mol. The Kier molecular flexibility index (Phi) is 7.07. The van der Waals surface area contributed by atoms with E-state index in [0.29, 0.717) is 23.0 Å². The summed E-state index contributed by atoms with van der Waals surface area (Å²) in [5.41, 5.74) is 11.6. The highest BCUT2D eigenvalue weighted by atomic mass is 16.5. The summed E-state index contributed by atoms with van der Waals surface area (Å²) in [5.74, 6) is 3.39. The second-order valence-corrected chi connectivity index (χ2v) is 14.2. The topological polar surface area (TPSA) is 71.7 Å². The molecule has 0 amide bonds. The first-order valence-corrected chi connectivity index (χ1v) is 18.7. The number of nitriles is 1. The maximum atomic E-state index is 9.95. The number of rotatable bonds is 4. The van der Waals surface area contributed by atoms with Crippen molar-refractivity contribution in [2.45, 2.75) is 5.41 Å². The molecule has 9 aromatic rings. The zero-order valence-electron chi connectivity index (χ0n) is 30.0. The monoisotopic (exact) mass is 714 g/mol. The quantitative estimate of drug-likeness (QED) is 0.181. The second-order valence-electron chi connectivity index (χ2n) is 14.2. The molecular weight excluding hydrogens is 685 g/mol. The average molecular weight is 715 g/mol. The first-order chi connectivity index (χ1) is 27.7. The molecule has 5 nitrogen and oxygen atoms in total. The van der Waals surface area contributed by atoms with E-state index in [4.69, 9.17) is 19.7 Å². The minimum Gasteiger partial charge on any atom is -0.457 e. The standard InChI is InChI=1S/C51H30N4O/c52-31-36-23-26-38(39-18-8-7-17-37(36)39)34-24-27-46-44(29-34)51(42-21-11-9-19-40(42)41-20-10-12-22-43(41)51)45-30-35(25-28-47(45)56-46)50-54-48(32-13-3-1-4-14-32)53-49(55-50)33-15-5-2-6-16-33/h1-30H. The van der Waals surface area contributed by atoms with Gasteiger partial charge in [0.05, 0.1) is 17.0 Å². The summed E-state index contributed by atoms with van der Waals surface area (Å²) in [4.78, 5) is 15.2. The highest BCUT2D eigenvalue weighted by Gasteiger charge is 2.51. The zero-order valence-corrected chi connectivity index (χ0v) is 30.0. The van der Waals surface area contributed by atoms with Crippen molar-refractivity contribution < 1.29 is 4.74 Å². The molecule has 2 aliphatic rings. The smallest absolute Gasteiger partial charge is 0.164 e. The van der Waals surface area contributed by atoms with Crippen molar-refractivity contribution in [2.24, 2.45) is 0 Å².